The van der Waals surface area contributed by atoms with Crippen LogP contribution in [0.1, 0.15) is 22.8 Å². The van der Waals surface area contributed by atoms with E-state index >= 15 is 0 Å². The fourth-order valence-corrected chi connectivity index (χ4v) is 2.43. The van der Waals surface area contributed by atoms with Crippen LogP contribution >= 0.6 is 12.2 Å². The third-order valence-corrected chi connectivity index (χ3v) is 3.65. The van der Waals surface area contributed by atoms with Crippen LogP contribution < -0.4 is 15.4 Å². The number of carbonyl (C=O) groups is 1. The second-order valence-electron chi connectivity index (χ2n) is 5.08. The molecule has 2 N–H and O–H groups in total. The molecule has 0 aliphatic rings. The number of ether oxygens (including phenoxy) is 1. The van der Waals surface area contributed by atoms with Crippen molar-refractivity contribution in [3.8, 4) is 5.75 Å². The number of Topliss-reactive ketones (excluding diaryl/α,β-unsaturated/α-hetero) is 1. The Hall–Kier alpha value is -2.40. The van der Waals surface area contributed by atoms with Gasteiger partial charge < -0.3 is 15.4 Å². The van der Waals surface area contributed by atoms with Crippen LogP contribution in [0.25, 0.3) is 0 Å². The molecule has 0 radical (unpaired) electrons. The number of nitrogens with one attached hydrogen (secondary N) is 2. The molecule has 4 nitrogen and oxygen atoms in total. The highest BCUT2D eigenvalue weighted by Crippen LogP contribution is 2.17. The molecule has 2 rings (SSSR count). The summed E-state index contributed by atoms with van der Waals surface area (Å²) in [6, 6.07) is 15.2. The summed E-state index contributed by atoms with van der Waals surface area (Å²) in [5.41, 5.74) is 2.59. The molecule has 0 saturated heterocycles. The molecule has 0 heterocycles. The molecule has 0 spiro atoms. The second-order valence-corrected chi connectivity index (χ2v) is 5.49. The first-order valence-corrected chi connectivity index (χ1v) is 7.78. The molecule has 2 aromatic carbocycles. The number of benzene rings is 2. The Balaban J connectivity index is 1.86. The number of carbonyl (C=O) groups excluding carboxylic acids is 1. The molecule has 0 atom stereocenters. The summed E-state index contributed by atoms with van der Waals surface area (Å²) >= 11 is 5.28. The average Bonchev–Trinajstić information content (AvgIpc) is 2.55. The fourth-order valence-electron chi connectivity index (χ4n) is 2.21. The SMILES string of the molecule is COc1ccccc1CCNC(=S)Nc1cccc(C(C)=O)c1. The highest BCUT2D eigenvalue weighted by molar-refractivity contribution is 7.80. The van der Waals surface area contributed by atoms with Crippen LogP contribution in [0.5, 0.6) is 5.75 Å². The van der Waals surface area contributed by atoms with Crippen molar-refractivity contribution in [1.82, 2.24) is 5.32 Å². The van der Waals surface area contributed by atoms with Gasteiger partial charge in [-0.1, -0.05) is 30.3 Å². The molecular formula is C18H20N2O2S. The van der Waals surface area contributed by atoms with Gasteiger partial charge in [0.05, 0.1) is 7.11 Å². The monoisotopic (exact) mass is 328 g/mol. The lowest BCUT2D eigenvalue weighted by molar-refractivity contribution is 0.101. The molecule has 0 unspecified atom stereocenters. The van der Waals surface area contributed by atoms with E-state index in [9.17, 15) is 4.79 Å². The lowest BCUT2D eigenvalue weighted by atomic mass is 10.1. The van der Waals surface area contributed by atoms with Gasteiger partial charge in [-0.05, 0) is 49.3 Å². The van der Waals surface area contributed by atoms with Gasteiger partial charge in [0.2, 0.25) is 0 Å². The lowest BCUT2D eigenvalue weighted by Crippen LogP contribution is -2.30. The highest BCUT2D eigenvalue weighted by atomic mass is 32.1. The number of anilines is 1. The number of methoxy groups -OCH3 is 1. The van der Waals surface area contributed by atoms with Crippen molar-refractivity contribution in [2.24, 2.45) is 0 Å². The third-order valence-electron chi connectivity index (χ3n) is 3.40. The van der Waals surface area contributed by atoms with Gasteiger partial charge in [-0.25, -0.2) is 0 Å². The maximum atomic E-state index is 11.4. The molecule has 5 heteroatoms. The quantitative estimate of drug-likeness (QED) is 0.628. The molecule has 0 amide bonds. The maximum Gasteiger partial charge on any atom is 0.170 e. The lowest BCUT2D eigenvalue weighted by Gasteiger charge is -2.12. The smallest absolute Gasteiger partial charge is 0.170 e. The predicted octanol–water partition coefficient (Wildman–Crippen LogP) is 3.43. The molecule has 0 bridgehead atoms. The van der Waals surface area contributed by atoms with Crippen LogP contribution in [0.3, 0.4) is 0 Å². The van der Waals surface area contributed by atoms with Crippen LogP contribution in [0.2, 0.25) is 0 Å². The van der Waals surface area contributed by atoms with Crippen molar-refractivity contribution in [2.75, 3.05) is 19.0 Å². The topological polar surface area (TPSA) is 50.4 Å². The fraction of sp³-hybridized carbons (Fsp3) is 0.222. The summed E-state index contributed by atoms with van der Waals surface area (Å²) in [7, 11) is 1.67. The maximum absolute atomic E-state index is 11.4. The zero-order valence-corrected chi connectivity index (χ0v) is 14.1. The van der Waals surface area contributed by atoms with Gasteiger partial charge in [-0.15, -0.1) is 0 Å². The second kappa shape index (κ2) is 8.29. The van der Waals surface area contributed by atoms with Gasteiger partial charge in [0.1, 0.15) is 5.75 Å². The number of rotatable bonds is 6. The molecule has 0 fully saturated rings. The van der Waals surface area contributed by atoms with Gasteiger partial charge in [0.25, 0.3) is 0 Å². The van der Waals surface area contributed by atoms with Crippen molar-refractivity contribution in [3.05, 3.63) is 59.7 Å². The normalized spacial score (nSPS) is 10.0. The summed E-state index contributed by atoms with van der Waals surface area (Å²) in [6.45, 7) is 2.24. The minimum Gasteiger partial charge on any atom is -0.496 e. The first-order chi connectivity index (χ1) is 11.1. The van der Waals surface area contributed by atoms with Gasteiger partial charge in [0.15, 0.2) is 10.9 Å². The molecule has 0 aromatic heterocycles. The first-order valence-electron chi connectivity index (χ1n) is 7.38. The van der Waals surface area contributed by atoms with Gasteiger partial charge >= 0.3 is 0 Å². The van der Waals surface area contributed by atoms with Gasteiger partial charge in [-0.2, -0.15) is 0 Å². The molecule has 0 aliphatic carbocycles. The van der Waals surface area contributed by atoms with Gasteiger partial charge in [0, 0.05) is 17.8 Å². The molecular weight excluding hydrogens is 308 g/mol. The van der Waals surface area contributed by atoms with E-state index in [4.69, 9.17) is 17.0 Å². The Kier molecular flexibility index (Phi) is 6.11. The minimum atomic E-state index is 0.0312. The standard InChI is InChI=1S/C18H20N2O2S/c1-13(21)15-7-5-8-16(12-15)20-18(23)19-11-10-14-6-3-4-9-17(14)22-2/h3-9,12H,10-11H2,1-2H3,(H2,19,20,23). The summed E-state index contributed by atoms with van der Waals surface area (Å²) in [5.74, 6) is 0.908. The summed E-state index contributed by atoms with van der Waals surface area (Å²) in [4.78, 5) is 11.4. The summed E-state index contributed by atoms with van der Waals surface area (Å²) < 4.78 is 5.33. The number of para-hydroxylation sites is 1. The summed E-state index contributed by atoms with van der Waals surface area (Å²) in [6.07, 6.45) is 0.805. The predicted molar refractivity (Wildman–Crippen MR) is 97.4 cm³/mol. The van der Waals surface area contributed by atoms with E-state index in [2.05, 4.69) is 10.6 Å². The number of thiocarbonyl (C=S) groups is 1. The van der Waals surface area contributed by atoms with Crippen LogP contribution in [-0.4, -0.2) is 24.6 Å². The number of hydrogen-bond donors (Lipinski definition) is 2. The molecule has 120 valence electrons. The number of ketones is 1. The van der Waals surface area contributed by atoms with Crippen molar-refractivity contribution in [1.29, 1.82) is 0 Å². The zero-order valence-electron chi connectivity index (χ0n) is 13.3. The van der Waals surface area contributed by atoms with Crippen LogP contribution in [-0.2, 0) is 6.42 Å². The third kappa shape index (κ3) is 5.07. The van der Waals surface area contributed by atoms with Crippen LogP contribution in [0.4, 0.5) is 5.69 Å². The van der Waals surface area contributed by atoms with Gasteiger partial charge in [-0.3, -0.25) is 4.79 Å². The Morgan fingerprint density at radius 2 is 1.96 bits per heavy atom. The van der Waals surface area contributed by atoms with Crippen molar-refractivity contribution < 1.29 is 9.53 Å². The average molecular weight is 328 g/mol. The van der Waals surface area contributed by atoms with E-state index in [1.165, 1.54) is 0 Å². The van der Waals surface area contributed by atoms with E-state index in [1.807, 2.05) is 36.4 Å². The minimum absolute atomic E-state index is 0.0312. The van der Waals surface area contributed by atoms with E-state index in [0.717, 1.165) is 23.4 Å². The number of hydrogen-bond acceptors (Lipinski definition) is 3. The van der Waals surface area contributed by atoms with Crippen molar-refractivity contribution in [2.45, 2.75) is 13.3 Å². The van der Waals surface area contributed by atoms with Crippen molar-refractivity contribution in [3.63, 3.8) is 0 Å². The van der Waals surface area contributed by atoms with Crippen LogP contribution in [0.15, 0.2) is 48.5 Å². The molecule has 23 heavy (non-hydrogen) atoms. The van der Waals surface area contributed by atoms with E-state index in [1.54, 1.807) is 26.2 Å². The largest absolute Gasteiger partial charge is 0.496 e. The Labute approximate surface area is 141 Å². The van der Waals surface area contributed by atoms with Crippen LogP contribution in [0, 0.1) is 0 Å². The Morgan fingerprint density at radius 1 is 1.17 bits per heavy atom. The molecule has 2 aromatic rings. The first kappa shape index (κ1) is 17.0. The highest BCUT2D eigenvalue weighted by Gasteiger charge is 2.04. The molecule has 0 saturated carbocycles. The summed E-state index contributed by atoms with van der Waals surface area (Å²) in [5, 5.41) is 6.78. The van der Waals surface area contributed by atoms with E-state index < -0.39 is 0 Å². The molecule has 0 aliphatic heterocycles. The van der Waals surface area contributed by atoms with Crippen molar-refractivity contribution >= 4 is 28.8 Å². The Bertz CT molecular complexity index is 701. The van der Waals surface area contributed by atoms with E-state index in [-0.39, 0.29) is 5.78 Å². The zero-order chi connectivity index (χ0) is 16.7. The Morgan fingerprint density at radius 3 is 2.70 bits per heavy atom. The van der Waals surface area contributed by atoms with E-state index in [0.29, 0.717) is 17.2 Å².